The molecule has 0 saturated heterocycles. The molecule has 2 aromatic carbocycles. The van der Waals surface area contributed by atoms with E-state index in [9.17, 15) is 4.79 Å². The zero-order valence-corrected chi connectivity index (χ0v) is 17.4. The van der Waals surface area contributed by atoms with Crippen LogP contribution in [0.3, 0.4) is 0 Å². The maximum absolute atomic E-state index is 12.9. The fourth-order valence-electron chi connectivity index (χ4n) is 4.24. The van der Waals surface area contributed by atoms with Crippen molar-refractivity contribution in [3.05, 3.63) is 94.9 Å². The summed E-state index contributed by atoms with van der Waals surface area (Å²) in [7, 11) is 0. The Morgan fingerprint density at radius 1 is 1.00 bits per heavy atom. The molecule has 2 heterocycles. The van der Waals surface area contributed by atoms with Crippen LogP contribution < -0.4 is 10.1 Å². The first kappa shape index (κ1) is 19.4. The largest absolute Gasteiger partial charge is 0.487 e. The number of nitrogens with one attached hydrogen (secondary N) is 2. The van der Waals surface area contributed by atoms with Gasteiger partial charge in [-0.25, -0.2) is 0 Å². The molecule has 1 aliphatic carbocycles. The van der Waals surface area contributed by atoms with Gasteiger partial charge in [-0.15, -0.1) is 0 Å². The SMILES string of the molecule is O=C(NCc1ccc(OCc2ccccn2)cc1)c1cccc2c3c([nH]c12)CCCC3. The predicted octanol–water partition coefficient (Wildman–Crippen LogP) is 4.95. The quantitative estimate of drug-likeness (QED) is 0.472. The summed E-state index contributed by atoms with van der Waals surface area (Å²) in [6.07, 6.45) is 6.35. The lowest BCUT2D eigenvalue weighted by Gasteiger charge is -2.10. The molecule has 0 saturated carbocycles. The van der Waals surface area contributed by atoms with Crippen LogP contribution in [0.2, 0.25) is 0 Å². The Morgan fingerprint density at radius 3 is 2.71 bits per heavy atom. The number of rotatable bonds is 6. The van der Waals surface area contributed by atoms with Crippen molar-refractivity contribution in [1.29, 1.82) is 0 Å². The van der Waals surface area contributed by atoms with Gasteiger partial charge in [0, 0.05) is 23.8 Å². The van der Waals surface area contributed by atoms with Crippen molar-refractivity contribution in [3.8, 4) is 5.75 Å². The molecule has 5 heteroatoms. The maximum Gasteiger partial charge on any atom is 0.253 e. The highest BCUT2D eigenvalue weighted by atomic mass is 16.5. The number of ether oxygens (including phenoxy) is 1. The Balaban J connectivity index is 1.23. The lowest BCUT2D eigenvalue weighted by atomic mass is 9.95. The van der Waals surface area contributed by atoms with Crippen LogP contribution in [0.25, 0.3) is 10.9 Å². The lowest BCUT2D eigenvalue weighted by molar-refractivity contribution is 0.0952. The molecule has 31 heavy (non-hydrogen) atoms. The molecule has 2 aromatic heterocycles. The van der Waals surface area contributed by atoms with Crippen LogP contribution in [0.15, 0.2) is 66.9 Å². The van der Waals surface area contributed by atoms with Crippen molar-refractivity contribution in [2.24, 2.45) is 0 Å². The summed E-state index contributed by atoms with van der Waals surface area (Å²) in [5.41, 5.74) is 6.27. The highest BCUT2D eigenvalue weighted by molar-refractivity contribution is 6.06. The number of carbonyl (C=O) groups is 1. The Labute approximate surface area is 181 Å². The molecular weight excluding hydrogens is 386 g/mol. The van der Waals surface area contributed by atoms with E-state index in [0.717, 1.165) is 35.4 Å². The Morgan fingerprint density at radius 2 is 1.87 bits per heavy atom. The molecule has 0 atom stereocenters. The molecule has 5 nitrogen and oxygen atoms in total. The summed E-state index contributed by atoms with van der Waals surface area (Å²) < 4.78 is 5.78. The van der Waals surface area contributed by atoms with E-state index >= 15 is 0 Å². The van der Waals surface area contributed by atoms with Gasteiger partial charge in [-0.2, -0.15) is 0 Å². The van der Waals surface area contributed by atoms with Crippen molar-refractivity contribution >= 4 is 16.8 Å². The highest BCUT2D eigenvalue weighted by Gasteiger charge is 2.19. The van der Waals surface area contributed by atoms with E-state index in [4.69, 9.17) is 4.74 Å². The van der Waals surface area contributed by atoms with Gasteiger partial charge in [0.05, 0.1) is 16.8 Å². The maximum atomic E-state index is 12.9. The summed E-state index contributed by atoms with van der Waals surface area (Å²) >= 11 is 0. The van der Waals surface area contributed by atoms with Crippen LogP contribution in [-0.2, 0) is 26.0 Å². The number of aryl methyl sites for hydroxylation is 2. The minimum absolute atomic E-state index is 0.0559. The summed E-state index contributed by atoms with van der Waals surface area (Å²) in [4.78, 5) is 20.7. The first-order chi connectivity index (χ1) is 15.3. The van der Waals surface area contributed by atoms with Crippen molar-refractivity contribution in [3.63, 3.8) is 0 Å². The second kappa shape index (κ2) is 8.64. The zero-order chi connectivity index (χ0) is 21.0. The number of amides is 1. The number of aromatic nitrogens is 2. The number of aromatic amines is 1. The van der Waals surface area contributed by atoms with Gasteiger partial charge in [-0.1, -0.05) is 30.3 Å². The number of nitrogens with zero attached hydrogens (tertiary/aromatic N) is 1. The molecule has 0 aliphatic heterocycles. The van der Waals surface area contributed by atoms with Crippen molar-refractivity contribution in [1.82, 2.24) is 15.3 Å². The van der Waals surface area contributed by atoms with E-state index in [1.54, 1.807) is 6.20 Å². The summed E-state index contributed by atoms with van der Waals surface area (Å²) in [6.45, 7) is 0.900. The van der Waals surface area contributed by atoms with E-state index in [1.807, 2.05) is 54.6 Å². The number of pyridine rings is 1. The molecule has 156 valence electrons. The van der Waals surface area contributed by atoms with E-state index in [-0.39, 0.29) is 5.91 Å². The van der Waals surface area contributed by atoms with Gasteiger partial charge in [0.15, 0.2) is 0 Å². The third-order valence-corrected chi connectivity index (χ3v) is 5.87. The molecule has 0 bridgehead atoms. The molecule has 0 radical (unpaired) electrons. The number of carbonyl (C=O) groups excluding carboxylic acids is 1. The van der Waals surface area contributed by atoms with Gasteiger partial charge in [0.25, 0.3) is 5.91 Å². The zero-order valence-electron chi connectivity index (χ0n) is 17.4. The summed E-state index contributed by atoms with van der Waals surface area (Å²) in [6, 6.07) is 19.6. The minimum atomic E-state index is -0.0559. The fourth-order valence-corrected chi connectivity index (χ4v) is 4.24. The van der Waals surface area contributed by atoms with Gasteiger partial charge >= 0.3 is 0 Å². The van der Waals surface area contributed by atoms with Gasteiger partial charge in [0.1, 0.15) is 12.4 Å². The lowest BCUT2D eigenvalue weighted by Crippen LogP contribution is -2.23. The number of hydrogen-bond donors (Lipinski definition) is 2. The van der Waals surface area contributed by atoms with Gasteiger partial charge < -0.3 is 15.0 Å². The Kier molecular flexibility index (Phi) is 5.40. The van der Waals surface area contributed by atoms with Crippen molar-refractivity contribution in [2.45, 2.75) is 38.8 Å². The molecule has 0 spiro atoms. The fraction of sp³-hybridized carbons (Fsp3) is 0.231. The van der Waals surface area contributed by atoms with Crippen LogP contribution in [0, 0.1) is 0 Å². The third kappa shape index (κ3) is 4.17. The van der Waals surface area contributed by atoms with E-state index in [0.29, 0.717) is 18.7 Å². The standard InChI is InChI=1S/C26H25N3O2/c30-26(23-9-5-8-22-21-7-1-2-10-24(21)29-25(22)23)28-16-18-11-13-20(14-12-18)31-17-19-6-3-4-15-27-19/h3-6,8-9,11-15,29H,1-2,7,10,16-17H2,(H,28,30). The van der Waals surface area contributed by atoms with Crippen LogP contribution in [0.5, 0.6) is 5.75 Å². The average molecular weight is 412 g/mol. The molecule has 0 fully saturated rings. The molecule has 0 unspecified atom stereocenters. The topological polar surface area (TPSA) is 67.0 Å². The predicted molar refractivity (Wildman–Crippen MR) is 121 cm³/mol. The van der Waals surface area contributed by atoms with Crippen molar-refractivity contribution < 1.29 is 9.53 Å². The monoisotopic (exact) mass is 411 g/mol. The number of H-pyrrole nitrogens is 1. The first-order valence-electron chi connectivity index (χ1n) is 10.8. The second-order valence-corrected chi connectivity index (χ2v) is 7.95. The molecule has 4 aromatic rings. The Hall–Kier alpha value is -3.60. The van der Waals surface area contributed by atoms with E-state index in [2.05, 4.69) is 21.4 Å². The normalized spacial score (nSPS) is 13.0. The molecule has 5 rings (SSSR count). The number of hydrogen-bond acceptors (Lipinski definition) is 3. The minimum Gasteiger partial charge on any atom is -0.487 e. The number of benzene rings is 2. The average Bonchev–Trinajstić information content (AvgIpc) is 3.21. The Bertz CT molecular complexity index is 1200. The highest BCUT2D eigenvalue weighted by Crippen LogP contribution is 2.30. The van der Waals surface area contributed by atoms with Crippen LogP contribution in [0.1, 0.15) is 45.7 Å². The summed E-state index contributed by atoms with van der Waals surface area (Å²) in [5.74, 6) is 0.724. The number of fused-ring (bicyclic) bond motifs is 3. The molecular formula is C26H25N3O2. The summed E-state index contributed by atoms with van der Waals surface area (Å²) in [5, 5.41) is 4.25. The first-order valence-corrected chi connectivity index (χ1v) is 10.8. The number of para-hydroxylation sites is 1. The molecule has 1 amide bonds. The van der Waals surface area contributed by atoms with E-state index < -0.39 is 0 Å². The molecule has 1 aliphatic rings. The van der Waals surface area contributed by atoms with E-state index in [1.165, 1.54) is 29.5 Å². The van der Waals surface area contributed by atoms with Crippen molar-refractivity contribution in [2.75, 3.05) is 0 Å². The van der Waals surface area contributed by atoms with Gasteiger partial charge in [0.2, 0.25) is 0 Å². The van der Waals surface area contributed by atoms with Gasteiger partial charge in [-0.3, -0.25) is 9.78 Å². The van der Waals surface area contributed by atoms with Gasteiger partial charge in [-0.05, 0) is 67.1 Å². The smallest absolute Gasteiger partial charge is 0.253 e. The van der Waals surface area contributed by atoms with Crippen LogP contribution in [-0.4, -0.2) is 15.9 Å². The van der Waals surface area contributed by atoms with Crippen LogP contribution >= 0.6 is 0 Å². The van der Waals surface area contributed by atoms with Crippen LogP contribution in [0.4, 0.5) is 0 Å². The third-order valence-electron chi connectivity index (χ3n) is 5.87. The molecule has 2 N–H and O–H groups in total. The second-order valence-electron chi connectivity index (χ2n) is 7.95.